The van der Waals surface area contributed by atoms with Crippen LogP contribution in [0.4, 0.5) is 5.69 Å². The smallest absolute Gasteiger partial charge is 0.335 e. The van der Waals surface area contributed by atoms with Crippen LogP contribution in [0.3, 0.4) is 0 Å². The average molecular weight is 257 g/mol. The Labute approximate surface area is 111 Å². The van der Waals surface area contributed by atoms with Gasteiger partial charge in [-0.3, -0.25) is 0 Å². The molecular formula is C15H15NO3. The van der Waals surface area contributed by atoms with Crippen LogP contribution in [0.25, 0.3) is 0 Å². The van der Waals surface area contributed by atoms with Crippen molar-refractivity contribution in [1.29, 1.82) is 0 Å². The minimum atomic E-state index is -1.01. The zero-order valence-corrected chi connectivity index (χ0v) is 10.8. The summed E-state index contributed by atoms with van der Waals surface area (Å²) >= 11 is 0. The van der Waals surface area contributed by atoms with E-state index >= 15 is 0 Å². The molecule has 2 rings (SSSR count). The van der Waals surface area contributed by atoms with E-state index in [4.69, 9.17) is 15.6 Å². The van der Waals surface area contributed by atoms with Crippen molar-refractivity contribution in [2.24, 2.45) is 0 Å². The highest BCUT2D eigenvalue weighted by Gasteiger charge is 2.08. The molecule has 2 aromatic carbocycles. The summed E-state index contributed by atoms with van der Waals surface area (Å²) in [4.78, 5) is 10.8. The number of carboxylic acids is 1. The van der Waals surface area contributed by atoms with Gasteiger partial charge >= 0.3 is 5.97 Å². The van der Waals surface area contributed by atoms with Crippen LogP contribution in [0, 0.1) is 13.8 Å². The van der Waals surface area contributed by atoms with Crippen molar-refractivity contribution in [3.63, 3.8) is 0 Å². The lowest BCUT2D eigenvalue weighted by atomic mass is 10.1. The molecule has 0 aliphatic rings. The Hall–Kier alpha value is -2.49. The van der Waals surface area contributed by atoms with Crippen molar-refractivity contribution in [1.82, 2.24) is 0 Å². The maximum atomic E-state index is 10.8. The number of ether oxygens (including phenoxy) is 1. The number of rotatable bonds is 3. The molecule has 0 unspecified atom stereocenters. The summed E-state index contributed by atoms with van der Waals surface area (Å²) in [5.41, 5.74) is 8.54. The van der Waals surface area contributed by atoms with Crippen molar-refractivity contribution in [3.8, 4) is 11.5 Å². The standard InChI is InChI=1S/C15H15NO3/c1-9-3-5-12(7-10(9)2)19-14-6-4-11(15(17)18)8-13(14)16/h3-8H,16H2,1-2H3,(H,17,18). The van der Waals surface area contributed by atoms with Gasteiger partial charge in [-0.1, -0.05) is 6.07 Å². The molecule has 0 heterocycles. The molecule has 0 bridgehead atoms. The van der Waals surface area contributed by atoms with Crippen LogP contribution in [-0.4, -0.2) is 11.1 Å². The number of hydrogen-bond donors (Lipinski definition) is 2. The number of benzene rings is 2. The van der Waals surface area contributed by atoms with Gasteiger partial charge in [0.2, 0.25) is 0 Å². The van der Waals surface area contributed by atoms with Crippen LogP contribution in [0.2, 0.25) is 0 Å². The van der Waals surface area contributed by atoms with Crippen molar-refractivity contribution in [3.05, 3.63) is 53.1 Å². The quantitative estimate of drug-likeness (QED) is 0.827. The summed E-state index contributed by atoms with van der Waals surface area (Å²) in [5, 5.41) is 8.86. The number of carbonyl (C=O) groups is 1. The molecular weight excluding hydrogens is 242 g/mol. The molecule has 0 aliphatic carbocycles. The van der Waals surface area contributed by atoms with Gasteiger partial charge in [-0.15, -0.1) is 0 Å². The first-order valence-corrected chi connectivity index (χ1v) is 5.85. The van der Waals surface area contributed by atoms with Gasteiger partial charge in [-0.05, 0) is 55.3 Å². The minimum absolute atomic E-state index is 0.143. The minimum Gasteiger partial charge on any atom is -0.478 e. The summed E-state index contributed by atoms with van der Waals surface area (Å²) in [6.45, 7) is 4.02. The largest absolute Gasteiger partial charge is 0.478 e. The number of nitrogen functional groups attached to an aromatic ring is 1. The zero-order chi connectivity index (χ0) is 14.0. The van der Waals surface area contributed by atoms with Crippen LogP contribution < -0.4 is 10.5 Å². The first-order valence-electron chi connectivity index (χ1n) is 5.85. The third kappa shape index (κ3) is 2.85. The Kier molecular flexibility index (Phi) is 3.42. The lowest BCUT2D eigenvalue weighted by Crippen LogP contribution is -1.99. The van der Waals surface area contributed by atoms with Gasteiger partial charge in [-0.25, -0.2) is 4.79 Å². The molecule has 3 N–H and O–H groups in total. The normalized spacial score (nSPS) is 10.2. The second kappa shape index (κ2) is 5.02. The summed E-state index contributed by atoms with van der Waals surface area (Å²) < 4.78 is 5.66. The lowest BCUT2D eigenvalue weighted by Gasteiger charge is -2.10. The van der Waals surface area contributed by atoms with Crippen molar-refractivity contribution >= 4 is 11.7 Å². The Morgan fingerprint density at radius 1 is 1.11 bits per heavy atom. The molecule has 2 aromatic rings. The van der Waals surface area contributed by atoms with E-state index in [1.54, 1.807) is 6.07 Å². The van der Waals surface area contributed by atoms with E-state index in [9.17, 15) is 4.79 Å². The van der Waals surface area contributed by atoms with Gasteiger partial charge in [0.15, 0.2) is 0 Å². The fourth-order valence-corrected chi connectivity index (χ4v) is 1.68. The van der Waals surface area contributed by atoms with Gasteiger partial charge in [-0.2, -0.15) is 0 Å². The molecule has 0 radical (unpaired) electrons. The van der Waals surface area contributed by atoms with E-state index in [2.05, 4.69) is 0 Å². The summed E-state index contributed by atoms with van der Waals surface area (Å²) in [5.74, 6) is 0.121. The van der Waals surface area contributed by atoms with Crippen LogP contribution >= 0.6 is 0 Å². The van der Waals surface area contributed by atoms with E-state index in [1.807, 2.05) is 32.0 Å². The Morgan fingerprint density at radius 2 is 1.84 bits per heavy atom. The molecule has 19 heavy (non-hydrogen) atoms. The highest BCUT2D eigenvalue weighted by Crippen LogP contribution is 2.29. The first-order chi connectivity index (χ1) is 8.97. The fourth-order valence-electron chi connectivity index (χ4n) is 1.68. The van der Waals surface area contributed by atoms with Crippen molar-refractivity contribution < 1.29 is 14.6 Å². The summed E-state index contributed by atoms with van der Waals surface area (Å²) in [7, 11) is 0. The van der Waals surface area contributed by atoms with Crippen molar-refractivity contribution in [2.75, 3.05) is 5.73 Å². The van der Waals surface area contributed by atoms with Gasteiger partial charge in [0, 0.05) is 0 Å². The number of carboxylic acid groups (broad SMARTS) is 1. The SMILES string of the molecule is Cc1ccc(Oc2ccc(C(=O)O)cc2N)cc1C. The van der Waals surface area contributed by atoms with Crippen LogP contribution in [0.5, 0.6) is 11.5 Å². The topological polar surface area (TPSA) is 72.5 Å². The number of anilines is 1. The third-order valence-electron chi connectivity index (χ3n) is 2.96. The number of nitrogens with two attached hydrogens (primary N) is 1. The van der Waals surface area contributed by atoms with E-state index in [-0.39, 0.29) is 5.56 Å². The van der Waals surface area contributed by atoms with Crippen LogP contribution in [-0.2, 0) is 0 Å². The van der Waals surface area contributed by atoms with Crippen molar-refractivity contribution in [2.45, 2.75) is 13.8 Å². The number of aryl methyl sites for hydroxylation is 2. The van der Waals surface area contributed by atoms with Crippen LogP contribution in [0.1, 0.15) is 21.5 Å². The first kappa shape index (κ1) is 13.0. The monoisotopic (exact) mass is 257 g/mol. The number of hydrogen-bond acceptors (Lipinski definition) is 3. The van der Waals surface area contributed by atoms with E-state index in [1.165, 1.54) is 17.7 Å². The Balaban J connectivity index is 2.28. The molecule has 0 amide bonds. The highest BCUT2D eigenvalue weighted by atomic mass is 16.5. The maximum absolute atomic E-state index is 10.8. The van der Waals surface area contributed by atoms with Gasteiger partial charge < -0.3 is 15.6 Å². The molecule has 0 atom stereocenters. The molecule has 0 aliphatic heterocycles. The Morgan fingerprint density at radius 3 is 2.42 bits per heavy atom. The molecule has 0 saturated carbocycles. The van der Waals surface area contributed by atoms with Gasteiger partial charge in [0.25, 0.3) is 0 Å². The van der Waals surface area contributed by atoms with E-state index < -0.39 is 5.97 Å². The zero-order valence-electron chi connectivity index (χ0n) is 10.8. The van der Waals surface area contributed by atoms with Gasteiger partial charge in [0.1, 0.15) is 11.5 Å². The maximum Gasteiger partial charge on any atom is 0.335 e. The van der Waals surface area contributed by atoms with Crippen LogP contribution in [0.15, 0.2) is 36.4 Å². The summed E-state index contributed by atoms with van der Waals surface area (Å²) in [6.07, 6.45) is 0. The molecule has 4 heteroatoms. The highest BCUT2D eigenvalue weighted by molar-refractivity contribution is 5.89. The van der Waals surface area contributed by atoms with E-state index in [0.717, 1.165) is 5.56 Å². The molecule has 0 spiro atoms. The lowest BCUT2D eigenvalue weighted by molar-refractivity contribution is 0.0697. The fraction of sp³-hybridized carbons (Fsp3) is 0.133. The predicted molar refractivity (Wildman–Crippen MR) is 73.8 cm³/mol. The Bertz CT molecular complexity index is 635. The summed E-state index contributed by atoms with van der Waals surface area (Å²) in [6, 6.07) is 10.2. The molecule has 4 nitrogen and oxygen atoms in total. The molecule has 0 aromatic heterocycles. The molecule has 98 valence electrons. The van der Waals surface area contributed by atoms with Gasteiger partial charge in [0.05, 0.1) is 11.3 Å². The average Bonchev–Trinajstić information content (AvgIpc) is 2.36. The number of aromatic carboxylic acids is 1. The molecule has 0 saturated heterocycles. The second-order valence-electron chi connectivity index (χ2n) is 4.41. The second-order valence-corrected chi connectivity index (χ2v) is 4.41. The van der Waals surface area contributed by atoms with E-state index in [0.29, 0.717) is 17.2 Å². The third-order valence-corrected chi connectivity index (χ3v) is 2.96. The predicted octanol–water partition coefficient (Wildman–Crippen LogP) is 3.38. The molecule has 0 fully saturated rings.